The second-order valence-corrected chi connectivity index (χ2v) is 46.3. The van der Waals surface area contributed by atoms with Crippen molar-refractivity contribution in [2.45, 2.75) is 233 Å². The lowest BCUT2D eigenvalue weighted by molar-refractivity contribution is 0.567. The van der Waals surface area contributed by atoms with Crippen LogP contribution in [0.25, 0.3) is 22.3 Å². The predicted molar refractivity (Wildman–Crippen MR) is 412 cm³/mol. The Labute approximate surface area is 595 Å². The van der Waals surface area contributed by atoms with Crippen LogP contribution in [0.4, 0.5) is 0 Å². The van der Waals surface area contributed by atoms with Crippen LogP contribution in [-0.2, 0) is 106 Å². The van der Waals surface area contributed by atoms with Crippen LogP contribution < -0.4 is 10.7 Å². The second kappa shape index (κ2) is 22.4. The fraction of sp³-hybridized carbons (Fsp3) is 0.476. The monoisotopic (exact) mass is 1420 g/mol. The quantitative estimate of drug-likeness (QED) is 0.174. The molecule has 6 aromatic rings. The first kappa shape index (κ1) is 71.7. The molecule has 12 nitrogen and oxygen atoms in total. The molecule has 8 bridgehead atoms. The van der Waals surface area contributed by atoms with Crippen LogP contribution in [-0.4, -0.2) is 78.1 Å². The molecule has 0 spiro atoms. The molecule has 8 heterocycles. The number of nitrogens with zero attached hydrogens (tertiary/aromatic N) is 2. The summed E-state index contributed by atoms with van der Waals surface area (Å²) in [5, 5.41) is 0.913. The van der Waals surface area contributed by atoms with E-state index >= 15 is 33.7 Å². The van der Waals surface area contributed by atoms with E-state index in [1.807, 2.05) is 0 Å². The van der Waals surface area contributed by atoms with Gasteiger partial charge in [0.05, 0.1) is 90.9 Å². The Kier molecular flexibility index (Phi) is 16.1. The maximum atomic E-state index is 15.2. The molecule has 7 aliphatic rings. The van der Waals surface area contributed by atoms with Crippen molar-refractivity contribution in [2.75, 3.05) is 23.0 Å². The lowest BCUT2D eigenvalue weighted by Crippen LogP contribution is -2.28. The van der Waals surface area contributed by atoms with Gasteiger partial charge >= 0.3 is 0 Å². The molecule has 4 aromatic carbocycles. The number of allylic oxidation sites excluding steroid dienone is 2. The molecule has 2 N–H and O–H groups in total. The van der Waals surface area contributed by atoms with Crippen molar-refractivity contribution in [3.8, 4) is 0 Å². The number of aromatic amines is 2. The van der Waals surface area contributed by atoms with Crippen molar-refractivity contribution in [2.24, 2.45) is 9.98 Å². The molecule has 0 amide bonds. The molecule has 0 fully saturated rings. The Balaban J connectivity index is 1.39. The highest BCUT2D eigenvalue weighted by atomic mass is 32.2. The molecule has 100 heavy (non-hydrogen) atoms. The van der Waals surface area contributed by atoms with Gasteiger partial charge in [-0.3, -0.25) is 0 Å². The van der Waals surface area contributed by atoms with Crippen molar-refractivity contribution in [3.63, 3.8) is 0 Å². The summed E-state index contributed by atoms with van der Waals surface area (Å²) in [6.45, 7) is 51.9. The highest BCUT2D eigenvalue weighted by molar-refractivity contribution is 7.92. The summed E-state index contributed by atoms with van der Waals surface area (Å²) in [6, 6.07) is 26.1. The molecule has 13 rings (SSSR count). The number of sulfone groups is 4. The maximum absolute atomic E-state index is 15.2. The van der Waals surface area contributed by atoms with Gasteiger partial charge in [0.15, 0.2) is 39.3 Å². The van der Waals surface area contributed by atoms with Gasteiger partial charge in [-0.05, 0) is 155 Å². The van der Waals surface area contributed by atoms with E-state index in [0.717, 1.165) is 44.5 Å². The average molecular weight is 1420 g/mol. The minimum atomic E-state index is -3.92. The third-order valence-corrected chi connectivity index (χ3v) is 27.3. The number of nitrogens with one attached hydrogen (secondary N) is 2. The molecule has 0 unspecified atom stereocenters. The molecular weight excluding hydrogens is 1320 g/mol. The molecule has 6 aliphatic heterocycles. The van der Waals surface area contributed by atoms with E-state index in [9.17, 15) is 0 Å². The first-order chi connectivity index (χ1) is 45.5. The van der Waals surface area contributed by atoms with Gasteiger partial charge in [-0.1, -0.05) is 239 Å². The predicted octanol–water partition coefficient (Wildman–Crippen LogP) is 15.6. The van der Waals surface area contributed by atoms with E-state index in [0.29, 0.717) is 134 Å². The summed E-state index contributed by atoms with van der Waals surface area (Å²) in [5.41, 5.74) is 15.9. The first-order valence-electron chi connectivity index (χ1n) is 35.3. The maximum Gasteiger partial charge on any atom is 0.158 e. The summed E-state index contributed by atoms with van der Waals surface area (Å²) in [5.74, 6) is -2.92. The lowest BCUT2D eigenvalue weighted by atomic mass is 9.78. The largest absolute Gasteiger partial charge is 0.354 e. The van der Waals surface area contributed by atoms with Crippen LogP contribution >= 0.6 is 0 Å². The van der Waals surface area contributed by atoms with Crippen LogP contribution in [0.2, 0.25) is 0 Å². The fourth-order valence-electron chi connectivity index (χ4n) is 15.3. The zero-order valence-corrected chi connectivity index (χ0v) is 66.6. The summed E-state index contributed by atoms with van der Waals surface area (Å²) < 4.78 is 122. The molecular formula is C84H102N4O8S4. The fourth-order valence-corrected chi connectivity index (χ4v) is 21.7. The summed E-state index contributed by atoms with van der Waals surface area (Å²) in [7, 11) is -15.7. The normalized spacial score (nSPS) is 19.8. The van der Waals surface area contributed by atoms with E-state index in [2.05, 4.69) is 249 Å². The minimum absolute atomic E-state index is 0.359. The van der Waals surface area contributed by atoms with Crippen LogP contribution in [0.1, 0.15) is 267 Å². The number of hydrogen-bond donors (Lipinski definition) is 2. The number of H-pyrrole nitrogens is 2. The molecule has 530 valence electrons. The van der Waals surface area contributed by atoms with Gasteiger partial charge in [-0.2, -0.15) is 0 Å². The average Bonchev–Trinajstić information content (AvgIpc) is 1.54. The Morgan fingerprint density at radius 3 is 0.710 bits per heavy atom. The van der Waals surface area contributed by atoms with Gasteiger partial charge in [0.2, 0.25) is 0 Å². The molecule has 1 aliphatic carbocycles. The summed E-state index contributed by atoms with van der Waals surface area (Å²) >= 11 is 0. The van der Waals surface area contributed by atoms with Crippen molar-refractivity contribution in [1.29, 1.82) is 0 Å². The van der Waals surface area contributed by atoms with Gasteiger partial charge in [0, 0.05) is 22.3 Å². The molecule has 0 radical (unpaired) electrons. The Hall–Kier alpha value is -6.72. The standard InChI is InChI=1S/C84H102N4O8S4/c1-77(2,3)49-25-45(26-50(33-49)78(4,5)6)65-69-57-37-97(89,90)39-59(57)71(85-69)66(46-27-51(79(7,8)9)34-52(28-46)80(10,11)12)73-61-41-99(93,94)43-63(61)75(87-73)68(48-31-55(83(19,20)21)36-56(32-48)84(22,23)24)76-64-44-100(95,96)42-62(64)74(88-76)67(72-60-40-98(91,92)38-58(60)70(65)86-72)47-29-53(81(13,14)15)35-54(30-47)82(16,17)18/h25-36,85,88H,37-44H2,1-24H3. The topological polar surface area (TPSA) is 193 Å². The summed E-state index contributed by atoms with van der Waals surface area (Å²) in [4.78, 5) is 20.1. The Morgan fingerprint density at radius 1 is 0.260 bits per heavy atom. The van der Waals surface area contributed by atoms with Crippen LogP contribution in [0, 0.1) is 0 Å². The summed E-state index contributed by atoms with van der Waals surface area (Å²) in [6.07, 6.45) is 0. The van der Waals surface area contributed by atoms with Crippen LogP contribution in [0.3, 0.4) is 0 Å². The second-order valence-electron chi connectivity index (χ2n) is 38.0. The number of rotatable bonds is 4. The van der Waals surface area contributed by atoms with Gasteiger partial charge in [-0.25, -0.2) is 43.7 Å². The van der Waals surface area contributed by atoms with Crippen molar-refractivity contribution < 1.29 is 33.7 Å². The third-order valence-electron chi connectivity index (χ3n) is 21.4. The minimum Gasteiger partial charge on any atom is -0.354 e. The Bertz CT molecular complexity index is 5060. The van der Waals surface area contributed by atoms with Crippen molar-refractivity contribution in [1.82, 2.24) is 9.97 Å². The van der Waals surface area contributed by atoms with E-state index in [1.54, 1.807) is 0 Å². The van der Waals surface area contributed by atoms with E-state index in [4.69, 9.17) is 9.98 Å². The van der Waals surface area contributed by atoms with Crippen LogP contribution in [0.5, 0.6) is 0 Å². The molecule has 2 aromatic heterocycles. The molecule has 16 heteroatoms. The zero-order chi connectivity index (χ0) is 73.4. The smallest absolute Gasteiger partial charge is 0.158 e. The first-order valence-corrected chi connectivity index (χ1v) is 42.6. The van der Waals surface area contributed by atoms with Gasteiger partial charge in [0.1, 0.15) is 0 Å². The van der Waals surface area contributed by atoms with Gasteiger partial charge in [-0.15, -0.1) is 0 Å². The molecule has 0 atom stereocenters. The number of benzene rings is 4. The van der Waals surface area contributed by atoms with Gasteiger partial charge < -0.3 is 9.97 Å². The van der Waals surface area contributed by atoms with Crippen molar-refractivity contribution >= 4 is 73.1 Å². The Morgan fingerprint density at radius 2 is 0.470 bits per heavy atom. The highest BCUT2D eigenvalue weighted by Crippen LogP contribution is 2.52. The van der Waals surface area contributed by atoms with E-state index in [1.165, 1.54) is 0 Å². The zero-order valence-electron chi connectivity index (χ0n) is 63.4. The van der Waals surface area contributed by atoms with E-state index < -0.39 is 82.7 Å². The number of hydrogen-bond acceptors (Lipinski definition) is 10. The van der Waals surface area contributed by atoms with Crippen LogP contribution in [0.15, 0.2) is 116 Å². The van der Waals surface area contributed by atoms with Crippen molar-refractivity contribution in [3.05, 3.63) is 218 Å². The number of aliphatic imine (C=N–C) groups is 2. The highest BCUT2D eigenvalue weighted by Gasteiger charge is 2.47. The molecule has 0 saturated heterocycles. The number of aromatic nitrogens is 2. The SMILES string of the molecule is CC(C)(C)c1cc(C2=C3N=C(C4=C3CS(=O)(=O)C4)C(c3cc(C(C)(C)C)cc(C(C)(C)C)c3)=c3[nH]c(c4c3CS(=O)(=O)C4)=C(c3cc(C(C)(C)C)cc(C(C)(C)C)c3)C3=NC(=C(c4cc(C(C)(C)C)cc(C(C)(C)C)c4)c4[nH]c2c2c4CS(=O)(=O)C2)C2=C3CS(=O)(=O)C2)cc(C(C)(C)C)c1. The van der Waals surface area contributed by atoms with Gasteiger partial charge in [0.25, 0.3) is 0 Å². The lowest BCUT2D eigenvalue weighted by Gasteiger charge is -2.27. The van der Waals surface area contributed by atoms with E-state index in [-0.39, 0.29) is 46.0 Å². The molecule has 0 saturated carbocycles. The third kappa shape index (κ3) is 12.8.